The molecular weight excluding hydrogens is 483 g/mol. The molecule has 0 radical (unpaired) electrons. The molecule has 0 amide bonds. The highest BCUT2D eigenvalue weighted by Crippen LogP contribution is 2.60. The number of hydrogen-bond donors (Lipinski definition) is 4. The summed E-state index contributed by atoms with van der Waals surface area (Å²) in [6.07, 6.45) is -6.15. The average Bonchev–Trinajstić information content (AvgIpc) is 2.83. The first-order valence-corrected chi connectivity index (χ1v) is 12.7. The number of rotatable bonds is 6. The maximum atomic E-state index is 16.0. The van der Waals surface area contributed by atoms with Gasteiger partial charge in [-0.1, -0.05) is 38.1 Å². The van der Waals surface area contributed by atoms with Gasteiger partial charge in [-0.25, -0.2) is 9.18 Å². The molecule has 4 rings (SSSR count). The molecule has 9 heteroatoms. The summed E-state index contributed by atoms with van der Waals surface area (Å²) in [5.41, 5.74) is -6.29. The van der Waals surface area contributed by atoms with Crippen molar-refractivity contribution in [2.24, 2.45) is 16.7 Å². The van der Waals surface area contributed by atoms with E-state index < -0.39 is 70.3 Å². The Bertz CT molecular complexity index is 1090. The number of carbonyl (C=O) groups is 2. The van der Waals surface area contributed by atoms with E-state index in [-0.39, 0.29) is 25.0 Å². The normalized spacial score (nSPS) is 40.4. The van der Waals surface area contributed by atoms with Crippen molar-refractivity contribution in [2.45, 2.75) is 89.2 Å². The first-order valence-electron chi connectivity index (χ1n) is 12.7. The molecule has 1 aromatic rings. The van der Waals surface area contributed by atoms with Gasteiger partial charge in [-0.15, -0.1) is 0 Å². The molecule has 8 nitrogen and oxygen atoms in total. The Morgan fingerprint density at radius 3 is 2.32 bits per heavy atom. The molecule has 1 heterocycles. The van der Waals surface area contributed by atoms with Crippen LogP contribution in [0.5, 0.6) is 0 Å². The molecule has 9 atom stereocenters. The van der Waals surface area contributed by atoms with Gasteiger partial charge in [0.25, 0.3) is 0 Å². The molecule has 2 unspecified atom stereocenters. The summed E-state index contributed by atoms with van der Waals surface area (Å²) in [6.45, 7) is 7.32. The molecular formula is C28H37FO8. The predicted octanol–water partition coefficient (Wildman–Crippen LogP) is 2.12. The van der Waals surface area contributed by atoms with Crippen LogP contribution in [0.4, 0.5) is 4.39 Å². The van der Waals surface area contributed by atoms with E-state index in [9.17, 15) is 30.0 Å². The monoisotopic (exact) mass is 520 g/mol. The Morgan fingerprint density at radius 1 is 1.16 bits per heavy atom. The lowest BCUT2D eigenvalue weighted by atomic mass is 9.49. The summed E-state index contributed by atoms with van der Waals surface area (Å²) >= 11 is 0. The highest BCUT2D eigenvalue weighted by Gasteiger charge is 2.74. The molecule has 1 aromatic carbocycles. The topological polar surface area (TPSA) is 134 Å². The Balaban J connectivity index is 1.94. The summed E-state index contributed by atoms with van der Waals surface area (Å²) in [5, 5.41) is 45.3. The Hall–Kier alpha value is -2.17. The van der Waals surface area contributed by atoms with Crippen LogP contribution >= 0.6 is 0 Å². The number of ketones is 1. The van der Waals surface area contributed by atoms with Crippen LogP contribution in [-0.2, 0) is 14.3 Å². The van der Waals surface area contributed by atoms with Crippen LogP contribution in [0.25, 0.3) is 0 Å². The van der Waals surface area contributed by atoms with E-state index in [1.165, 1.54) is 26.0 Å². The molecule has 37 heavy (non-hydrogen) atoms. The van der Waals surface area contributed by atoms with Crippen molar-refractivity contribution in [1.82, 2.24) is 0 Å². The van der Waals surface area contributed by atoms with Crippen LogP contribution < -0.4 is 0 Å². The van der Waals surface area contributed by atoms with E-state index in [0.29, 0.717) is 5.57 Å². The fraction of sp³-hybridized carbons (Fsp3) is 0.643. The minimum absolute atomic E-state index is 0.154. The number of aliphatic hydroxyl groups excluding tert-OH is 2. The second-order valence-corrected chi connectivity index (χ2v) is 11.7. The maximum absolute atomic E-state index is 16.0. The third kappa shape index (κ3) is 4.15. The Labute approximate surface area is 216 Å². The second kappa shape index (κ2) is 9.24. The van der Waals surface area contributed by atoms with Crippen LogP contribution in [0, 0.1) is 16.7 Å². The van der Waals surface area contributed by atoms with Crippen molar-refractivity contribution in [2.75, 3.05) is 6.61 Å². The lowest BCUT2D eigenvalue weighted by Crippen LogP contribution is -2.79. The highest BCUT2D eigenvalue weighted by molar-refractivity contribution is 5.91. The summed E-state index contributed by atoms with van der Waals surface area (Å²) in [6, 6.07) is 7.99. The molecule has 0 aromatic heterocycles. The van der Waals surface area contributed by atoms with E-state index in [2.05, 4.69) is 0 Å². The summed E-state index contributed by atoms with van der Waals surface area (Å²) < 4.78 is 27.4. The van der Waals surface area contributed by atoms with Gasteiger partial charge in [-0.3, -0.25) is 4.79 Å². The summed E-state index contributed by atoms with van der Waals surface area (Å²) in [5.74, 6) is -3.22. The molecule has 4 N–H and O–H groups in total. The zero-order valence-corrected chi connectivity index (χ0v) is 21.8. The minimum atomic E-state index is -2.04. The molecule has 204 valence electrons. The van der Waals surface area contributed by atoms with Gasteiger partial charge < -0.3 is 29.9 Å². The molecule has 1 saturated heterocycles. The highest BCUT2D eigenvalue weighted by atomic mass is 19.1. The first kappa shape index (κ1) is 27.9. The summed E-state index contributed by atoms with van der Waals surface area (Å²) in [4.78, 5) is 26.9. The van der Waals surface area contributed by atoms with Gasteiger partial charge in [0, 0.05) is 24.2 Å². The number of ether oxygens (including phenoxy) is 2. The van der Waals surface area contributed by atoms with Gasteiger partial charge >= 0.3 is 5.97 Å². The predicted molar refractivity (Wildman–Crippen MR) is 131 cm³/mol. The molecule has 1 saturated carbocycles. The van der Waals surface area contributed by atoms with Crippen LogP contribution in [0.15, 0.2) is 42.0 Å². The number of aliphatic hydroxyl groups is 4. The Kier molecular flexibility index (Phi) is 6.95. The fourth-order valence-electron chi connectivity index (χ4n) is 6.61. The van der Waals surface area contributed by atoms with Crippen molar-refractivity contribution in [3.05, 3.63) is 47.5 Å². The number of carbonyl (C=O) groups excluding carboxylic acids is 2. The van der Waals surface area contributed by atoms with Crippen molar-refractivity contribution >= 4 is 11.8 Å². The van der Waals surface area contributed by atoms with Gasteiger partial charge in [0.15, 0.2) is 5.78 Å². The van der Waals surface area contributed by atoms with Crippen molar-refractivity contribution < 1.29 is 43.9 Å². The van der Waals surface area contributed by atoms with Crippen LogP contribution in [0.1, 0.15) is 57.8 Å². The number of halogens is 1. The Morgan fingerprint density at radius 2 is 1.78 bits per heavy atom. The average molecular weight is 521 g/mol. The van der Waals surface area contributed by atoms with Crippen molar-refractivity contribution in [1.29, 1.82) is 0 Å². The summed E-state index contributed by atoms with van der Waals surface area (Å²) in [7, 11) is 0. The van der Waals surface area contributed by atoms with E-state index in [1.54, 1.807) is 45.0 Å². The third-order valence-corrected chi connectivity index (χ3v) is 8.99. The number of esters is 1. The number of fused-ring (bicyclic) bond motifs is 1. The lowest BCUT2D eigenvalue weighted by molar-refractivity contribution is -0.336. The van der Waals surface area contributed by atoms with Gasteiger partial charge in [0.2, 0.25) is 0 Å². The second-order valence-electron chi connectivity index (χ2n) is 11.7. The zero-order chi connectivity index (χ0) is 27.6. The molecule has 0 spiro atoms. The van der Waals surface area contributed by atoms with E-state index in [0.717, 1.165) is 0 Å². The first-order chi connectivity index (χ1) is 17.1. The molecule has 3 aliphatic rings. The number of benzene rings is 1. The smallest absolute Gasteiger partial charge is 0.338 e. The quantitative estimate of drug-likeness (QED) is 0.331. The molecule has 0 bridgehead atoms. The van der Waals surface area contributed by atoms with Gasteiger partial charge in [-0.05, 0) is 38.5 Å². The van der Waals surface area contributed by atoms with Crippen LogP contribution in [0.2, 0.25) is 0 Å². The minimum Gasteiger partial charge on any atom is -0.455 e. The zero-order valence-electron chi connectivity index (χ0n) is 21.8. The lowest BCUT2D eigenvalue weighted by Gasteiger charge is -2.64. The standard InChI is InChI=1S/C28H37FO8/c1-15-12-25(3,4)28(35,13-18(15)31)23(37-24(33)17-9-7-6-8-10-17)21-26(5,22(32)16(2)30)19(29)11-20-27(21,34)14-36-20/h6-10,12,16,18-21,23,30-31,34-35H,11,13-14H2,1-5H3/t16-,18+,19+,20-,21?,23?,26-,27+,28-/m1/s1. The van der Waals surface area contributed by atoms with Crippen LogP contribution in [0.3, 0.4) is 0 Å². The molecule has 2 fully saturated rings. The van der Waals surface area contributed by atoms with Gasteiger partial charge in [0.1, 0.15) is 29.6 Å². The maximum Gasteiger partial charge on any atom is 0.338 e. The molecule has 1 aliphatic heterocycles. The van der Waals surface area contributed by atoms with E-state index in [4.69, 9.17) is 9.47 Å². The van der Waals surface area contributed by atoms with Crippen molar-refractivity contribution in [3.63, 3.8) is 0 Å². The van der Waals surface area contributed by atoms with E-state index >= 15 is 4.39 Å². The number of Topliss-reactive ketones (excluding diaryl/α,β-unsaturated/α-hetero) is 1. The van der Waals surface area contributed by atoms with Crippen molar-refractivity contribution in [3.8, 4) is 0 Å². The number of hydrogen-bond acceptors (Lipinski definition) is 8. The SMILES string of the molecule is CC1=CC(C)(C)[C@](O)(C(OC(=O)c2ccccc2)C2[C@]3(O)CO[C@@H]3C[C@H](F)[C@@]2(C)C(=O)[C@@H](C)O)C[C@@H]1O. The van der Waals surface area contributed by atoms with E-state index in [1.807, 2.05) is 0 Å². The van der Waals surface area contributed by atoms with Gasteiger partial charge in [-0.2, -0.15) is 0 Å². The number of alkyl halides is 1. The molecule has 2 aliphatic carbocycles. The largest absolute Gasteiger partial charge is 0.455 e. The van der Waals surface area contributed by atoms with Crippen LogP contribution in [-0.4, -0.2) is 80.6 Å². The third-order valence-electron chi connectivity index (χ3n) is 8.99. The van der Waals surface area contributed by atoms with Gasteiger partial charge in [0.05, 0.1) is 29.8 Å². The fourth-order valence-corrected chi connectivity index (χ4v) is 6.61.